The minimum absolute atomic E-state index is 0.118. The third-order valence-corrected chi connectivity index (χ3v) is 20.5. The summed E-state index contributed by atoms with van der Waals surface area (Å²) in [5.41, 5.74) is 2.68. The zero-order valence-electron chi connectivity index (χ0n) is 45.2. The molecule has 0 spiro atoms. The van der Waals surface area contributed by atoms with Crippen molar-refractivity contribution in [1.82, 2.24) is 52.3 Å². The van der Waals surface area contributed by atoms with Crippen molar-refractivity contribution in [3.63, 3.8) is 0 Å². The van der Waals surface area contributed by atoms with Crippen molar-refractivity contribution >= 4 is 82.1 Å². The summed E-state index contributed by atoms with van der Waals surface area (Å²) in [5, 5.41) is 25.2. The molecule has 2 aromatic carbocycles. The molecule has 9 rings (SSSR count). The van der Waals surface area contributed by atoms with Gasteiger partial charge in [0.05, 0.1) is 51.7 Å². The van der Waals surface area contributed by atoms with Gasteiger partial charge in [-0.2, -0.15) is 0 Å². The summed E-state index contributed by atoms with van der Waals surface area (Å²) in [6.07, 6.45) is 5.81. The van der Waals surface area contributed by atoms with Crippen molar-refractivity contribution in [1.29, 1.82) is 0 Å². The highest BCUT2D eigenvalue weighted by molar-refractivity contribution is 8.00. The van der Waals surface area contributed by atoms with E-state index in [9.17, 15) is 33.6 Å². The second kappa shape index (κ2) is 22.9. The van der Waals surface area contributed by atoms with Gasteiger partial charge in [0, 0.05) is 12.1 Å². The second-order valence-electron chi connectivity index (χ2n) is 23.6. The maximum absolute atomic E-state index is 14.8. The Morgan fingerprint density at radius 1 is 0.566 bits per heavy atom. The fourth-order valence-corrected chi connectivity index (χ4v) is 16.5. The molecule has 4 aliphatic heterocycles. The van der Waals surface area contributed by atoms with Gasteiger partial charge in [0.15, 0.2) is 0 Å². The van der Waals surface area contributed by atoms with Crippen molar-refractivity contribution in [2.24, 2.45) is 22.7 Å². The summed E-state index contributed by atoms with van der Waals surface area (Å²) in [4.78, 5) is 104. The Bertz CT molecular complexity index is 2420. The number of thioether (sulfide) groups is 2. The van der Waals surface area contributed by atoms with Crippen LogP contribution in [0.5, 0.6) is 0 Å². The van der Waals surface area contributed by atoms with Crippen LogP contribution < -0.4 is 42.5 Å². The van der Waals surface area contributed by atoms with Gasteiger partial charge in [0.2, 0.25) is 41.4 Å². The molecule has 5 fully saturated rings. The molecule has 17 nitrogen and oxygen atoms in total. The Kier molecular flexibility index (Phi) is 16.9. The number of rotatable bonds is 14. The smallest absolute Gasteiger partial charge is 0.246 e. The van der Waals surface area contributed by atoms with Gasteiger partial charge in [-0.05, 0) is 137 Å². The Hall–Kier alpha value is -4.76. The molecular formula is C56H78N10O7S3. The summed E-state index contributed by atoms with van der Waals surface area (Å²) in [7, 11) is 3.51. The van der Waals surface area contributed by atoms with Crippen molar-refractivity contribution in [3.05, 3.63) is 70.8 Å². The fourth-order valence-electron chi connectivity index (χ4n) is 13.1. The third-order valence-electron chi connectivity index (χ3n) is 17.5. The number of carbonyl (C=O) groups is 7. The second-order valence-corrected chi connectivity index (χ2v) is 26.6. The number of benzene rings is 2. The Labute approximate surface area is 461 Å². The van der Waals surface area contributed by atoms with Gasteiger partial charge in [-0.25, -0.2) is 0 Å². The van der Waals surface area contributed by atoms with Crippen molar-refractivity contribution in [2.45, 2.75) is 177 Å². The average Bonchev–Trinajstić information content (AvgIpc) is 4.06. The van der Waals surface area contributed by atoms with E-state index in [2.05, 4.69) is 42.5 Å². The van der Waals surface area contributed by atoms with Crippen LogP contribution in [0.2, 0.25) is 0 Å². The van der Waals surface area contributed by atoms with Crippen LogP contribution in [0.3, 0.4) is 0 Å². The standard InChI is InChI=1S/C56H78N10O7S3/c1-29(57-7)47(67)61-39-21-23-75-41-27-55(3,4)45(65(41)53(39)72)50(70)63-43-35-15-11-9-13-31(35)25-37(43)48(68)59-33-17-19-34(20-18-33)60-49(69)38-26-32-14-10-12-16-36(32)44(38)64-51(71)46-56(5,6)28-42-66(46)54(73)40(22-24-76-42)62-52(74)30(2)58-8/h9-16,29-30,33-34,37-46,57-58H,17-28H2,1-8H3,(H,59,68)(H,60,69)(H,61,67)(H,62,74)(H,63,70)(H,64,71)/t29-,30-,33-,34-,37+,38+,39-,40-,41-,42-,43-,44-,45+,46+/m0/s1. The number of nitrogens with one attached hydrogen (secondary N) is 8. The number of hydrogen-bond donors (Lipinski definition) is 8. The van der Waals surface area contributed by atoms with E-state index in [1.165, 1.54) is 0 Å². The fraction of sp³-hybridized carbons (Fsp3) is 0.643. The molecule has 1 saturated carbocycles. The molecule has 7 aliphatic rings. The minimum Gasteiger partial charge on any atom is -0.367 e. The first-order chi connectivity index (χ1) is 36.2. The summed E-state index contributed by atoms with van der Waals surface area (Å²) in [5.74, 6) is -1.29. The highest BCUT2D eigenvalue weighted by atomic mass is 32.2. The average molecular weight is 1100 g/mol. The summed E-state index contributed by atoms with van der Waals surface area (Å²) < 4.78 is 0. The van der Waals surface area contributed by atoms with E-state index in [0.29, 0.717) is 74.9 Å². The van der Waals surface area contributed by atoms with Crippen LogP contribution in [-0.4, -0.2) is 141 Å². The molecule has 0 unspecified atom stereocenters. The monoisotopic (exact) mass is 1100 g/mol. The Balaban J connectivity index is 0.830. The number of hydrogen-bond acceptors (Lipinski definition) is 12. The lowest BCUT2D eigenvalue weighted by Crippen LogP contribution is -2.58. The largest absolute Gasteiger partial charge is 0.367 e. The van der Waals surface area contributed by atoms with Gasteiger partial charge in [-0.1, -0.05) is 88.4 Å². The van der Waals surface area contributed by atoms with Crippen molar-refractivity contribution in [3.8, 4) is 0 Å². The van der Waals surface area contributed by atoms with Crippen LogP contribution in [0.1, 0.15) is 127 Å². The van der Waals surface area contributed by atoms with Crippen molar-refractivity contribution in [2.75, 3.05) is 25.6 Å². The van der Waals surface area contributed by atoms with Gasteiger partial charge in [0.25, 0.3) is 0 Å². The Morgan fingerprint density at radius 3 is 1.39 bits per heavy atom. The molecule has 0 radical (unpaired) electrons. The molecule has 12 atom stereocenters. The van der Waals surface area contributed by atoms with E-state index in [4.69, 9.17) is 12.2 Å². The van der Waals surface area contributed by atoms with Gasteiger partial charge >= 0.3 is 0 Å². The third kappa shape index (κ3) is 11.3. The quantitative estimate of drug-likeness (QED) is 0.127. The van der Waals surface area contributed by atoms with Crippen LogP contribution in [0.4, 0.5) is 0 Å². The molecule has 412 valence electrons. The molecule has 8 N–H and O–H groups in total. The van der Waals surface area contributed by atoms with E-state index in [1.807, 2.05) is 90.2 Å². The van der Waals surface area contributed by atoms with Crippen LogP contribution >= 0.6 is 35.7 Å². The van der Waals surface area contributed by atoms with E-state index < -0.39 is 65.0 Å². The lowest BCUT2D eigenvalue weighted by atomic mass is 9.83. The zero-order valence-corrected chi connectivity index (χ0v) is 47.6. The highest BCUT2D eigenvalue weighted by Gasteiger charge is 2.57. The molecule has 3 aliphatic carbocycles. The van der Waals surface area contributed by atoms with E-state index >= 15 is 0 Å². The normalized spacial score (nSPS) is 32.0. The number of amides is 7. The first-order valence-electron chi connectivity index (χ1n) is 27.4. The molecule has 7 amide bonds. The number of nitrogens with zero attached hydrogens (tertiary/aromatic N) is 2. The van der Waals surface area contributed by atoms with Crippen LogP contribution in [0.25, 0.3) is 0 Å². The van der Waals surface area contributed by atoms with Crippen molar-refractivity contribution < 1.29 is 33.6 Å². The first kappa shape index (κ1) is 56.0. The number of thiocarbonyl (C=S) groups is 1. The predicted molar refractivity (Wildman–Crippen MR) is 300 cm³/mol. The summed E-state index contributed by atoms with van der Waals surface area (Å²) in [6, 6.07) is 10.7. The lowest BCUT2D eigenvalue weighted by molar-refractivity contribution is -0.144. The summed E-state index contributed by atoms with van der Waals surface area (Å²) >= 11 is 8.98. The molecule has 20 heteroatoms. The molecule has 4 saturated heterocycles. The molecule has 76 heavy (non-hydrogen) atoms. The van der Waals surface area contributed by atoms with E-state index in [0.717, 1.165) is 28.0 Å². The SMILES string of the molecule is CN[C@@H](C)C(=O)N[C@H]1CCS[C@H]2CC(C)(C)[C@@H](C(=O)N[C@H]3c4ccccc4C[C@H]3C(=O)N[C@H]3CC[C@H](NC(=O)[C@@H]4Cc5ccccc5[C@@H]4NC(=O)[C@H]4N5C(=O)[C@@H](NC(=S)[C@H](C)NC)CCS[C@H]5CC4(C)C)CC3)N2C1=O. The molecule has 0 aromatic heterocycles. The minimum atomic E-state index is -0.812. The van der Waals surface area contributed by atoms with Gasteiger partial charge in [-0.3, -0.25) is 33.6 Å². The first-order valence-corrected chi connectivity index (χ1v) is 29.9. The number of likely N-dealkylation sites (N-methyl/N-ethyl adjacent to an activating group) is 2. The van der Waals surface area contributed by atoms with Gasteiger partial charge in [0.1, 0.15) is 24.2 Å². The lowest BCUT2D eigenvalue weighted by Gasteiger charge is -2.36. The number of carbonyl (C=O) groups excluding carboxylic acids is 7. The zero-order chi connectivity index (χ0) is 54.4. The van der Waals surface area contributed by atoms with Crippen LogP contribution in [-0.2, 0) is 46.4 Å². The maximum atomic E-state index is 14.8. The molecule has 4 heterocycles. The van der Waals surface area contributed by atoms with Gasteiger partial charge in [-0.15, -0.1) is 23.5 Å². The van der Waals surface area contributed by atoms with E-state index in [-0.39, 0.29) is 70.2 Å². The number of fused-ring (bicyclic) bond motifs is 4. The van der Waals surface area contributed by atoms with Crippen LogP contribution in [0.15, 0.2) is 48.5 Å². The molecular weight excluding hydrogens is 1020 g/mol. The Morgan fingerprint density at radius 2 is 0.974 bits per heavy atom. The highest BCUT2D eigenvalue weighted by Crippen LogP contribution is 2.49. The van der Waals surface area contributed by atoms with Gasteiger partial charge < -0.3 is 52.3 Å². The van der Waals surface area contributed by atoms with Crippen LogP contribution in [0, 0.1) is 22.7 Å². The van der Waals surface area contributed by atoms with E-state index in [1.54, 1.807) is 47.3 Å². The summed E-state index contributed by atoms with van der Waals surface area (Å²) in [6.45, 7) is 11.8. The molecule has 2 aromatic rings. The molecule has 0 bridgehead atoms. The maximum Gasteiger partial charge on any atom is 0.246 e. The topological polar surface area (TPSA) is 222 Å². The predicted octanol–water partition coefficient (Wildman–Crippen LogP) is 3.76.